The van der Waals surface area contributed by atoms with E-state index >= 15 is 0 Å². The smallest absolute Gasteiger partial charge is 0.209 e. The van der Waals surface area contributed by atoms with Crippen LogP contribution in [0.15, 0.2) is 12.2 Å². The highest BCUT2D eigenvalue weighted by atomic mass is 35.5. The maximum Gasteiger partial charge on any atom is 0.209 e. The van der Waals surface area contributed by atoms with Crippen LogP contribution in [0.4, 0.5) is 0 Å². The van der Waals surface area contributed by atoms with Gasteiger partial charge in [0.2, 0.25) is 10.0 Å². The minimum Gasteiger partial charge on any atom is -0.311 e. The van der Waals surface area contributed by atoms with Crippen LogP contribution in [0.2, 0.25) is 0 Å². The summed E-state index contributed by atoms with van der Waals surface area (Å²) in [7, 11) is -3.16. The van der Waals surface area contributed by atoms with Gasteiger partial charge in [-0.1, -0.05) is 12.2 Å². The van der Waals surface area contributed by atoms with Crippen LogP contribution >= 0.6 is 11.6 Å². The average Bonchev–Trinajstić information content (AvgIpc) is 1.99. The molecular weight excluding hydrogens is 236 g/mol. The minimum atomic E-state index is -3.16. The number of sulfonamides is 1. The molecule has 0 amide bonds. The van der Waals surface area contributed by atoms with E-state index in [1.807, 2.05) is 26.0 Å². The molecule has 0 spiro atoms. The van der Waals surface area contributed by atoms with E-state index in [0.29, 0.717) is 19.0 Å². The fourth-order valence-corrected chi connectivity index (χ4v) is 2.35. The summed E-state index contributed by atoms with van der Waals surface area (Å²) in [4.78, 5) is 0. The van der Waals surface area contributed by atoms with Gasteiger partial charge in [-0.05, 0) is 13.8 Å². The standard InChI is InChI=1S/C9H19ClN2O2S/c1-9(2,12-15(3,13)14)8-11-7-5-4-6-10/h4-5,11-12H,6-8H2,1-3H3/b5-4+. The second kappa shape index (κ2) is 6.48. The van der Waals surface area contributed by atoms with Gasteiger partial charge < -0.3 is 5.32 Å². The van der Waals surface area contributed by atoms with Crippen molar-refractivity contribution in [2.24, 2.45) is 0 Å². The van der Waals surface area contributed by atoms with E-state index < -0.39 is 15.6 Å². The fourth-order valence-electron chi connectivity index (χ4n) is 1.15. The lowest BCUT2D eigenvalue weighted by Gasteiger charge is -2.25. The molecule has 0 aliphatic rings. The van der Waals surface area contributed by atoms with E-state index in [1.165, 1.54) is 0 Å². The molecule has 0 aromatic heterocycles. The average molecular weight is 255 g/mol. The molecule has 0 bridgehead atoms. The lowest BCUT2D eigenvalue weighted by molar-refractivity contribution is 0.430. The molecule has 0 aromatic carbocycles. The monoisotopic (exact) mass is 254 g/mol. The van der Waals surface area contributed by atoms with Gasteiger partial charge in [0.1, 0.15) is 0 Å². The van der Waals surface area contributed by atoms with Crippen LogP contribution in [0, 0.1) is 0 Å². The van der Waals surface area contributed by atoms with E-state index in [9.17, 15) is 8.42 Å². The van der Waals surface area contributed by atoms with Gasteiger partial charge in [0.15, 0.2) is 0 Å². The molecule has 15 heavy (non-hydrogen) atoms. The summed E-state index contributed by atoms with van der Waals surface area (Å²) in [5.74, 6) is 0.493. The summed E-state index contributed by atoms with van der Waals surface area (Å²) in [6, 6.07) is 0. The first kappa shape index (κ1) is 14.9. The number of rotatable bonds is 7. The van der Waals surface area contributed by atoms with Crippen molar-refractivity contribution in [3.63, 3.8) is 0 Å². The first-order chi connectivity index (χ1) is 6.77. The Morgan fingerprint density at radius 3 is 2.40 bits per heavy atom. The van der Waals surface area contributed by atoms with Crippen LogP contribution in [0.5, 0.6) is 0 Å². The van der Waals surface area contributed by atoms with Crippen LogP contribution in [-0.4, -0.2) is 39.2 Å². The molecule has 4 nitrogen and oxygen atoms in total. The Morgan fingerprint density at radius 2 is 1.93 bits per heavy atom. The Bertz CT molecular complexity index is 299. The lowest BCUT2D eigenvalue weighted by atomic mass is 10.1. The number of allylic oxidation sites excluding steroid dienone is 1. The van der Waals surface area contributed by atoms with E-state index in [1.54, 1.807) is 0 Å². The molecule has 6 heteroatoms. The molecule has 0 aliphatic carbocycles. The number of alkyl halides is 1. The lowest BCUT2D eigenvalue weighted by Crippen LogP contribution is -2.49. The molecule has 0 atom stereocenters. The molecule has 0 unspecified atom stereocenters. The van der Waals surface area contributed by atoms with Crippen molar-refractivity contribution in [2.45, 2.75) is 19.4 Å². The topological polar surface area (TPSA) is 58.2 Å². The second-order valence-electron chi connectivity index (χ2n) is 4.01. The number of hydrogen-bond acceptors (Lipinski definition) is 3. The van der Waals surface area contributed by atoms with Crippen molar-refractivity contribution in [1.29, 1.82) is 0 Å². The molecule has 0 radical (unpaired) electrons. The normalized spacial score (nSPS) is 13.6. The van der Waals surface area contributed by atoms with Crippen LogP contribution in [-0.2, 0) is 10.0 Å². The van der Waals surface area contributed by atoms with Gasteiger partial charge in [-0.3, -0.25) is 0 Å². The first-order valence-corrected chi connectivity index (χ1v) is 7.10. The second-order valence-corrected chi connectivity index (χ2v) is 6.07. The van der Waals surface area contributed by atoms with Gasteiger partial charge in [0.25, 0.3) is 0 Å². The Morgan fingerprint density at radius 1 is 1.33 bits per heavy atom. The zero-order chi connectivity index (χ0) is 11.9. The summed E-state index contributed by atoms with van der Waals surface area (Å²) < 4.78 is 24.6. The largest absolute Gasteiger partial charge is 0.311 e. The Hall–Kier alpha value is -0.100. The number of halogens is 1. The number of hydrogen-bond donors (Lipinski definition) is 2. The van der Waals surface area contributed by atoms with Crippen molar-refractivity contribution < 1.29 is 8.42 Å². The molecular formula is C9H19ClN2O2S. The van der Waals surface area contributed by atoms with Gasteiger partial charge in [-0.15, -0.1) is 11.6 Å². The SMILES string of the molecule is CC(C)(CNC/C=C/CCl)NS(C)(=O)=O. The summed E-state index contributed by atoms with van der Waals surface area (Å²) >= 11 is 5.45. The van der Waals surface area contributed by atoms with Crippen LogP contribution in [0.1, 0.15) is 13.8 Å². The van der Waals surface area contributed by atoms with Crippen LogP contribution < -0.4 is 10.0 Å². The Labute approximate surface area is 97.1 Å². The first-order valence-electron chi connectivity index (χ1n) is 4.67. The molecule has 0 saturated carbocycles. The third kappa shape index (κ3) is 10.2. The molecule has 0 aromatic rings. The van der Waals surface area contributed by atoms with Gasteiger partial charge in [0, 0.05) is 24.5 Å². The van der Waals surface area contributed by atoms with Gasteiger partial charge in [0.05, 0.1) is 6.26 Å². The summed E-state index contributed by atoms with van der Waals surface area (Å²) in [6.45, 7) is 4.90. The predicted molar refractivity (Wildman–Crippen MR) is 64.8 cm³/mol. The fraction of sp³-hybridized carbons (Fsp3) is 0.778. The summed E-state index contributed by atoms with van der Waals surface area (Å²) in [5.41, 5.74) is -0.484. The van der Waals surface area contributed by atoms with Crippen LogP contribution in [0.25, 0.3) is 0 Å². The third-order valence-corrected chi connectivity index (χ3v) is 2.65. The van der Waals surface area contributed by atoms with E-state index in [-0.39, 0.29) is 0 Å². The highest BCUT2D eigenvalue weighted by molar-refractivity contribution is 7.88. The molecule has 0 saturated heterocycles. The molecule has 0 aliphatic heterocycles. The number of nitrogens with one attached hydrogen (secondary N) is 2. The van der Waals surface area contributed by atoms with Gasteiger partial charge in [-0.25, -0.2) is 13.1 Å². The maximum absolute atomic E-state index is 11.0. The highest BCUT2D eigenvalue weighted by Crippen LogP contribution is 2.01. The van der Waals surface area contributed by atoms with Gasteiger partial charge in [-0.2, -0.15) is 0 Å². The van der Waals surface area contributed by atoms with Crippen LogP contribution in [0.3, 0.4) is 0 Å². The van der Waals surface area contributed by atoms with Crippen molar-refractivity contribution in [2.75, 3.05) is 25.2 Å². The molecule has 90 valence electrons. The highest BCUT2D eigenvalue weighted by Gasteiger charge is 2.20. The molecule has 0 rings (SSSR count). The predicted octanol–water partition coefficient (Wildman–Crippen LogP) is 0.699. The van der Waals surface area contributed by atoms with Gasteiger partial charge >= 0.3 is 0 Å². The summed E-state index contributed by atoms with van der Waals surface area (Å²) in [5, 5.41) is 3.11. The molecule has 0 heterocycles. The zero-order valence-corrected chi connectivity index (χ0v) is 11.0. The van der Waals surface area contributed by atoms with E-state index in [4.69, 9.17) is 11.6 Å². The Kier molecular flexibility index (Phi) is 6.43. The van der Waals surface area contributed by atoms with Crippen molar-refractivity contribution >= 4 is 21.6 Å². The molecule has 0 fully saturated rings. The minimum absolute atomic E-state index is 0.484. The third-order valence-electron chi connectivity index (χ3n) is 1.55. The summed E-state index contributed by atoms with van der Waals surface area (Å²) in [6.07, 6.45) is 4.90. The van der Waals surface area contributed by atoms with E-state index in [0.717, 1.165) is 6.26 Å². The zero-order valence-electron chi connectivity index (χ0n) is 9.38. The van der Waals surface area contributed by atoms with Crippen molar-refractivity contribution in [1.82, 2.24) is 10.0 Å². The Balaban J connectivity index is 3.89. The quantitative estimate of drug-likeness (QED) is 0.400. The van der Waals surface area contributed by atoms with Crippen molar-refractivity contribution in [3.05, 3.63) is 12.2 Å². The van der Waals surface area contributed by atoms with Crippen molar-refractivity contribution in [3.8, 4) is 0 Å². The van der Waals surface area contributed by atoms with E-state index in [2.05, 4.69) is 10.0 Å². The maximum atomic E-state index is 11.0. The molecule has 2 N–H and O–H groups in total.